The molecule has 3 radical (unpaired) electrons. The van der Waals surface area contributed by atoms with E-state index in [4.69, 9.17) is 25.7 Å². The summed E-state index contributed by atoms with van der Waals surface area (Å²) in [5.41, 5.74) is 21.7. The Labute approximate surface area is 354 Å². The Balaban J connectivity index is 0.915. The summed E-state index contributed by atoms with van der Waals surface area (Å²) in [6.07, 6.45) is 6.72. The first-order chi connectivity index (χ1) is 29.4. The molecule has 1 aliphatic heterocycles. The lowest BCUT2D eigenvalue weighted by molar-refractivity contribution is 0.234. The predicted molar refractivity (Wildman–Crippen MR) is 229 cm³/mol. The van der Waals surface area contributed by atoms with Crippen LogP contribution in [0.2, 0.25) is 16.6 Å². The van der Waals surface area contributed by atoms with Crippen molar-refractivity contribution in [2.24, 2.45) is 28.5 Å². The Hall–Kier alpha value is -5.77. The van der Waals surface area contributed by atoms with Crippen molar-refractivity contribution in [3.05, 3.63) is 88.4 Å². The van der Waals surface area contributed by atoms with Gasteiger partial charge in [-0.05, 0) is 17.8 Å². The Morgan fingerprint density at radius 2 is 1.18 bits per heavy atom. The number of aromatic nitrogens is 10. The van der Waals surface area contributed by atoms with Gasteiger partial charge in [0.25, 0.3) is 11.1 Å². The summed E-state index contributed by atoms with van der Waals surface area (Å²) in [6, 6.07) is -0.724. The molecule has 5 aromatic heterocycles. The van der Waals surface area contributed by atoms with Gasteiger partial charge in [-0.1, -0.05) is 62.3 Å². The van der Waals surface area contributed by atoms with Gasteiger partial charge in [0, 0.05) is 19.8 Å². The number of nitrogens with zero attached hydrogens (tertiary/aromatic N) is 9. The number of nitrogen functional groups attached to an aromatic ring is 2. The highest BCUT2D eigenvalue weighted by Gasteiger charge is 2.38. The third-order valence-corrected chi connectivity index (χ3v) is 16.5. The molecule has 9 atom stereocenters. The zero-order valence-electron chi connectivity index (χ0n) is 32.8. The number of guanidine groups is 1. The summed E-state index contributed by atoms with van der Waals surface area (Å²) in [7, 11) is 0.0874. The summed E-state index contributed by atoms with van der Waals surface area (Å²) in [6.45, 7) is 17.4. The number of aromatic amines is 2. The van der Waals surface area contributed by atoms with Gasteiger partial charge in [-0.3, -0.25) is 29.3 Å². The highest BCUT2D eigenvalue weighted by atomic mass is 28.3. The smallest absolute Gasteiger partial charge is 0.280 e. The number of anilines is 2. The lowest BCUT2D eigenvalue weighted by atomic mass is 10.0. The summed E-state index contributed by atoms with van der Waals surface area (Å²) >= 11 is 0. The number of aliphatic hydroxyl groups excluding tert-OH is 2. The van der Waals surface area contributed by atoms with Gasteiger partial charge >= 0.3 is 0 Å². The Kier molecular flexibility index (Phi) is 10.6. The molecule has 6 heterocycles. The van der Waals surface area contributed by atoms with E-state index in [1.807, 2.05) is 9.13 Å². The lowest BCUT2D eigenvalue weighted by Gasteiger charge is -2.45. The van der Waals surface area contributed by atoms with Crippen LogP contribution in [0.25, 0.3) is 28.0 Å². The summed E-state index contributed by atoms with van der Waals surface area (Å²) in [4.78, 5) is 56.6. The third kappa shape index (κ3) is 7.01. The van der Waals surface area contributed by atoms with Gasteiger partial charge < -0.3 is 74.5 Å². The summed E-state index contributed by atoms with van der Waals surface area (Å²) < 4.78 is 18.7. The van der Waals surface area contributed by atoms with Gasteiger partial charge in [-0.25, -0.2) is 15.0 Å². The van der Waals surface area contributed by atoms with Crippen LogP contribution in [-0.4, -0.2) is 114 Å². The first-order valence-corrected chi connectivity index (χ1v) is 22.5. The highest BCUT2D eigenvalue weighted by molar-refractivity contribution is 6.45. The first-order valence-electron chi connectivity index (χ1n) is 19.5. The van der Waals surface area contributed by atoms with Crippen LogP contribution in [0.4, 0.5) is 17.7 Å². The zero-order chi connectivity index (χ0) is 42.9. The van der Waals surface area contributed by atoms with E-state index in [0.717, 1.165) is 16.7 Å². The average molecular weight is 878 g/mol. The third-order valence-electron chi connectivity index (χ3n) is 12.4. The fourth-order valence-corrected chi connectivity index (χ4v) is 13.6. The maximum atomic E-state index is 12.7. The van der Waals surface area contributed by atoms with E-state index >= 15 is 0 Å². The molecule has 21 nitrogen and oxygen atoms in total. The number of nitrogens with one attached hydrogen (secondary N) is 3. The molecule has 0 saturated heterocycles. The van der Waals surface area contributed by atoms with Crippen LogP contribution in [0, 0.1) is 17.8 Å². The summed E-state index contributed by atoms with van der Waals surface area (Å²) in [5, 5.41) is 24.0. The molecule has 0 unspecified atom stereocenters. The maximum Gasteiger partial charge on any atom is 0.280 e. The second-order valence-corrected chi connectivity index (χ2v) is 19.8. The monoisotopic (exact) mass is 877 g/mol. The van der Waals surface area contributed by atoms with Crippen LogP contribution in [0.1, 0.15) is 43.1 Å². The Morgan fingerprint density at radius 1 is 0.705 bits per heavy atom. The van der Waals surface area contributed by atoms with Crippen molar-refractivity contribution in [3.63, 3.8) is 0 Å². The molecule has 11 N–H and O–H groups in total. The van der Waals surface area contributed by atoms with Crippen LogP contribution in [0.5, 0.6) is 0 Å². The maximum absolute atomic E-state index is 12.7. The second kappa shape index (κ2) is 15.9. The highest BCUT2D eigenvalue weighted by Crippen LogP contribution is 2.51. The molecule has 61 heavy (non-hydrogen) atoms. The van der Waals surface area contributed by atoms with Crippen LogP contribution in [0.3, 0.4) is 0 Å². The lowest BCUT2D eigenvalue weighted by Crippen LogP contribution is -2.32. The number of aliphatic hydroxyl groups is 2. The molecule has 0 bridgehead atoms. The van der Waals surface area contributed by atoms with Crippen LogP contribution in [0.15, 0.2) is 76.6 Å². The van der Waals surface area contributed by atoms with Gasteiger partial charge in [-0.2, -0.15) is 31.6 Å². The summed E-state index contributed by atoms with van der Waals surface area (Å²) in [5.74, 6) is 0.187. The number of hydrogen-bond acceptors (Lipinski definition) is 16. The van der Waals surface area contributed by atoms with Crippen molar-refractivity contribution in [2.45, 2.75) is 54.0 Å². The van der Waals surface area contributed by atoms with E-state index in [1.165, 1.54) is 0 Å². The normalized spacial score (nSPS) is 27.7. The molecule has 0 spiro atoms. The molecule has 3 saturated carbocycles. The van der Waals surface area contributed by atoms with Gasteiger partial charge in [0.2, 0.25) is 11.9 Å². The standard InChI is InChI=1S/C37H43N15O6Si3/c1-14-18(8-53)24(5-21(14)50-11-41-27-17(4)44-35(38)45-30(27)50)59-57-10-20-16(3)23(52-13-43-29-32(52)47-37(40)49-34(29)56)7-26(20)61-58-60-25-6-22(15(2)19(25)9-54)51-12-42-28-31(51)46-36(39)48-33(28)55/h11-13,18-26,53-54H,1-10H2,(H3,38,44,45)(H3,39,46,48,55)(H3,40,47,49,56)/q-3/t18-,19-,20-,21-,22-,23-,24-,25-,26-/m0/s1. The fourth-order valence-electron chi connectivity index (χ4n) is 9.20. The van der Waals surface area contributed by atoms with E-state index in [9.17, 15) is 19.8 Å². The minimum absolute atomic E-state index is 0.0142. The van der Waals surface area contributed by atoms with Gasteiger partial charge in [0.15, 0.2) is 34.1 Å². The number of rotatable bonds is 13. The predicted octanol–water partition coefficient (Wildman–Crippen LogP) is 0.427. The van der Waals surface area contributed by atoms with E-state index in [-0.39, 0.29) is 124 Å². The van der Waals surface area contributed by atoms with Gasteiger partial charge in [0.1, 0.15) is 5.69 Å². The molecular weight excluding hydrogens is 835 g/mol. The second-order valence-electron chi connectivity index (χ2n) is 15.7. The molecule has 24 heteroatoms. The first kappa shape index (κ1) is 40.6. The van der Waals surface area contributed by atoms with Gasteiger partial charge in [0.05, 0.1) is 42.8 Å². The largest absolute Gasteiger partial charge is 0.840 e. The SMILES string of the molecule is C=C1NC(N)=Nc2c1ncn2[C@H]1C[C@H]([Si-]OC[C@H]2C(=C)[C@@H](n3cnc4c(=O)[nH]c(N)nc43)C[C@@H]2[Si-]O[Si-][C@H]2C[C@H](n3cnc4c(=O)[nH]c(N)nc43)C(=C)[C@@H]2CO)[C@@H](CO)C1=C. The molecular formula is C37H43N15O6Si3-3. The zero-order valence-corrected chi connectivity index (χ0v) is 35.8. The number of fused-ring (bicyclic) bond motifs is 3. The molecule has 0 aromatic carbocycles. The van der Waals surface area contributed by atoms with E-state index in [1.54, 1.807) is 23.5 Å². The van der Waals surface area contributed by atoms with Crippen molar-refractivity contribution in [1.82, 2.24) is 53.9 Å². The van der Waals surface area contributed by atoms with Crippen LogP contribution in [-0.2, 0) is 8.54 Å². The molecule has 4 aliphatic rings. The number of aliphatic imine (C=N–C) groups is 1. The number of nitrogens with two attached hydrogens (primary N) is 3. The Morgan fingerprint density at radius 3 is 1.72 bits per heavy atom. The van der Waals surface area contributed by atoms with E-state index in [0.29, 0.717) is 54.4 Å². The van der Waals surface area contributed by atoms with Crippen molar-refractivity contribution in [1.29, 1.82) is 0 Å². The van der Waals surface area contributed by atoms with Crippen LogP contribution < -0.4 is 33.6 Å². The van der Waals surface area contributed by atoms with E-state index in [2.05, 4.69) is 71.5 Å². The van der Waals surface area contributed by atoms with Crippen molar-refractivity contribution >= 4 is 81.0 Å². The van der Waals surface area contributed by atoms with Crippen molar-refractivity contribution in [3.8, 4) is 0 Å². The average Bonchev–Trinajstić information content (AvgIpc) is 4.07. The topological polar surface area (TPSA) is 306 Å². The number of H-pyrrole nitrogens is 2. The Bertz CT molecular complexity index is 2760. The molecule has 3 fully saturated rings. The number of imidazole rings is 3. The van der Waals surface area contributed by atoms with Crippen molar-refractivity contribution in [2.75, 3.05) is 31.3 Å². The molecule has 3 aliphatic carbocycles. The van der Waals surface area contributed by atoms with Crippen LogP contribution >= 0.6 is 0 Å². The van der Waals surface area contributed by atoms with E-state index < -0.39 is 11.1 Å². The minimum Gasteiger partial charge on any atom is -0.840 e. The molecule has 5 aromatic rings. The van der Waals surface area contributed by atoms with Gasteiger partial charge in [-0.15, -0.1) is 0 Å². The fraction of sp³-hybridized carbons (Fsp3) is 0.405. The quantitative estimate of drug-likeness (QED) is 0.0588. The molecule has 0 amide bonds. The number of hydrogen-bond donors (Lipinski definition) is 8. The van der Waals surface area contributed by atoms with Crippen molar-refractivity contribution < 1.29 is 18.8 Å². The molecule has 317 valence electrons. The minimum atomic E-state index is -0.429. The molecule has 9 rings (SSSR count).